The number of phenolic OH excluding ortho intramolecular Hbond substituents is 1. The zero-order valence-corrected chi connectivity index (χ0v) is 22.2. The topological polar surface area (TPSA) is 59.6 Å². The maximum absolute atomic E-state index is 12.7. The highest BCUT2D eigenvalue weighted by molar-refractivity contribution is 6.42. The lowest BCUT2D eigenvalue weighted by Crippen LogP contribution is -2.42. The summed E-state index contributed by atoms with van der Waals surface area (Å²) < 4.78 is 0. The van der Waals surface area contributed by atoms with Gasteiger partial charge in [-0.05, 0) is 105 Å². The molecule has 0 bridgehead atoms. The number of carbonyl (C=O) groups is 1. The van der Waals surface area contributed by atoms with E-state index in [-0.39, 0.29) is 5.91 Å². The molecule has 0 aliphatic carbocycles. The zero-order chi connectivity index (χ0) is 25.2. The molecule has 3 aromatic rings. The van der Waals surface area contributed by atoms with Gasteiger partial charge in [0.15, 0.2) is 0 Å². The molecule has 2 fully saturated rings. The van der Waals surface area contributed by atoms with Crippen LogP contribution in [0.4, 0.5) is 0 Å². The van der Waals surface area contributed by atoms with Crippen molar-refractivity contribution in [3.05, 3.63) is 69.3 Å². The van der Waals surface area contributed by atoms with E-state index >= 15 is 0 Å². The molecular formula is C29H33Cl2N3O2. The Morgan fingerprint density at radius 1 is 1.03 bits per heavy atom. The third-order valence-electron chi connectivity index (χ3n) is 7.82. The zero-order valence-electron chi connectivity index (χ0n) is 20.6. The van der Waals surface area contributed by atoms with E-state index in [4.69, 9.17) is 23.2 Å². The SMILES string of the molecule is Cc1[nH]c2ccc(O)cc2c1C1CCN(CC2CCN(C(=O)/C=C/c3ccc(Cl)c(Cl)c3)CC2)CC1. The normalized spacial score (nSPS) is 18.5. The molecule has 0 unspecified atom stereocenters. The quantitative estimate of drug-likeness (QED) is 0.368. The van der Waals surface area contributed by atoms with E-state index in [1.807, 2.05) is 23.1 Å². The van der Waals surface area contributed by atoms with E-state index in [1.165, 1.54) is 11.3 Å². The number of aryl methyl sites for hydroxylation is 1. The Morgan fingerprint density at radius 3 is 2.50 bits per heavy atom. The van der Waals surface area contributed by atoms with Gasteiger partial charge in [-0.15, -0.1) is 0 Å². The number of nitrogens with zero attached hydrogens (tertiary/aromatic N) is 2. The second-order valence-corrected chi connectivity index (χ2v) is 11.1. The number of nitrogens with one attached hydrogen (secondary N) is 1. The van der Waals surface area contributed by atoms with Crippen molar-refractivity contribution < 1.29 is 9.90 Å². The van der Waals surface area contributed by atoms with Gasteiger partial charge in [0.05, 0.1) is 10.0 Å². The van der Waals surface area contributed by atoms with Gasteiger partial charge in [0.2, 0.25) is 5.91 Å². The Balaban J connectivity index is 1.09. The van der Waals surface area contributed by atoms with E-state index in [1.54, 1.807) is 30.4 Å². The summed E-state index contributed by atoms with van der Waals surface area (Å²) in [5, 5.41) is 12.2. The fourth-order valence-corrected chi connectivity index (χ4v) is 6.16. The predicted molar refractivity (Wildman–Crippen MR) is 148 cm³/mol. The van der Waals surface area contributed by atoms with Gasteiger partial charge >= 0.3 is 0 Å². The Morgan fingerprint density at radius 2 is 1.78 bits per heavy atom. The third-order valence-corrected chi connectivity index (χ3v) is 8.56. The molecule has 2 aliphatic rings. The number of benzene rings is 2. The Bertz CT molecular complexity index is 1270. The molecule has 190 valence electrons. The number of hydrogen-bond donors (Lipinski definition) is 2. The molecule has 2 aliphatic heterocycles. The Kier molecular flexibility index (Phi) is 7.61. The number of halogens is 2. The van der Waals surface area contributed by atoms with Gasteiger partial charge in [0.25, 0.3) is 0 Å². The molecule has 7 heteroatoms. The van der Waals surface area contributed by atoms with Gasteiger partial charge in [-0.2, -0.15) is 0 Å². The number of aromatic amines is 1. The van der Waals surface area contributed by atoms with Gasteiger partial charge in [0, 0.05) is 42.3 Å². The molecule has 1 aromatic heterocycles. The number of aromatic hydroxyl groups is 1. The van der Waals surface area contributed by atoms with E-state index in [2.05, 4.69) is 16.8 Å². The third kappa shape index (κ3) is 5.59. The number of piperidine rings is 2. The molecule has 2 aromatic carbocycles. The van der Waals surface area contributed by atoms with Gasteiger partial charge < -0.3 is 19.9 Å². The summed E-state index contributed by atoms with van der Waals surface area (Å²) in [6.45, 7) is 7.07. The monoisotopic (exact) mass is 525 g/mol. The summed E-state index contributed by atoms with van der Waals surface area (Å²) in [6.07, 6.45) is 7.81. The van der Waals surface area contributed by atoms with Crippen LogP contribution < -0.4 is 0 Å². The summed E-state index contributed by atoms with van der Waals surface area (Å²) in [5.74, 6) is 1.55. The number of likely N-dealkylation sites (tertiary alicyclic amines) is 2. The highest BCUT2D eigenvalue weighted by Gasteiger charge is 2.28. The summed E-state index contributed by atoms with van der Waals surface area (Å²) in [5.41, 5.74) is 4.58. The lowest BCUT2D eigenvalue weighted by atomic mass is 9.86. The number of aromatic nitrogens is 1. The molecule has 36 heavy (non-hydrogen) atoms. The highest BCUT2D eigenvalue weighted by Crippen LogP contribution is 2.37. The first-order valence-electron chi connectivity index (χ1n) is 12.8. The number of phenols is 1. The second kappa shape index (κ2) is 10.9. The number of carbonyl (C=O) groups excluding carboxylic acids is 1. The van der Waals surface area contributed by atoms with E-state index in [9.17, 15) is 9.90 Å². The van der Waals surface area contributed by atoms with Crippen LogP contribution >= 0.6 is 23.2 Å². The summed E-state index contributed by atoms with van der Waals surface area (Å²) in [7, 11) is 0. The van der Waals surface area contributed by atoms with Crippen LogP contribution in [0.3, 0.4) is 0 Å². The molecule has 3 heterocycles. The van der Waals surface area contributed by atoms with Crippen molar-refractivity contribution >= 4 is 46.1 Å². The average molecular weight is 527 g/mol. The highest BCUT2D eigenvalue weighted by atomic mass is 35.5. The number of amides is 1. The standard InChI is InChI=1S/C29H33Cl2N3O2/c1-19-29(24-17-23(35)4-6-27(24)32-19)22-10-12-33(13-11-22)18-21-8-14-34(15-9-21)28(36)7-3-20-2-5-25(30)26(31)16-20/h2-7,16-17,21-22,32,35H,8-15,18H2,1H3/b7-3+. The largest absolute Gasteiger partial charge is 0.508 e. The number of H-pyrrole nitrogens is 1. The van der Waals surface area contributed by atoms with Crippen LogP contribution in [0.2, 0.25) is 10.0 Å². The van der Waals surface area contributed by atoms with Crippen LogP contribution in [0, 0.1) is 12.8 Å². The van der Waals surface area contributed by atoms with Crippen molar-refractivity contribution in [2.75, 3.05) is 32.7 Å². The van der Waals surface area contributed by atoms with Gasteiger partial charge in [0.1, 0.15) is 5.75 Å². The molecular weight excluding hydrogens is 493 g/mol. The summed E-state index contributed by atoms with van der Waals surface area (Å²) in [6, 6.07) is 11.0. The Labute approximate surface area is 222 Å². The van der Waals surface area contributed by atoms with Gasteiger partial charge in [-0.1, -0.05) is 29.3 Å². The minimum atomic E-state index is 0.0560. The smallest absolute Gasteiger partial charge is 0.246 e. The lowest BCUT2D eigenvalue weighted by molar-refractivity contribution is -0.127. The van der Waals surface area contributed by atoms with Crippen LogP contribution in [0.25, 0.3) is 17.0 Å². The first-order valence-corrected chi connectivity index (χ1v) is 13.6. The molecule has 0 saturated carbocycles. The van der Waals surface area contributed by atoms with Crippen LogP contribution in [0.15, 0.2) is 42.5 Å². The van der Waals surface area contributed by atoms with Crippen molar-refractivity contribution in [1.82, 2.24) is 14.8 Å². The molecule has 5 rings (SSSR count). The molecule has 2 saturated heterocycles. The van der Waals surface area contributed by atoms with E-state index < -0.39 is 0 Å². The fraction of sp³-hybridized carbons (Fsp3) is 0.414. The van der Waals surface area contributed by atoms with Crippen LogP contribution in [0.1, 0.15) is 48.4 Å². The predicted octanol–water partition coefficient (Wildman–Crippen LogP) is 6.62. The first-order chi connectivity index (χ1) is 17.4. The molecule has 0 spiro atoms. The van der Waals surface area contributed by atoms with Crippen molar-refractivity contribution in [1.29, 1.82) is 0 Å². The molecule has 5 nitrogen and oxygen atoms in total. The molecule has 2 N–H and O–H groups in total. The minimum Gasteiger partial charge on any atom is -0.508 e. The number of fused-ring (bicyclic) bond motifs is 1. The minimum absolute atomic E-state index is 0.0560. The maximum Gasteiger partial charge on any atom is 0.246 e. The van der Waals surface area contributed by atoms with Crippen molar-refractivity contribution in [3.63, 3.8) is 0 Å². The van der Waals surface area contributed by atoms with Crippen molar-refractivity contribution in [3.8, 4) is 5.75 Å². The fourth-order valence-electron chi connectivity index (χ4n) is 5.86. The van der Waals surface area contributed by atoms with Gasteiger partial charge in [-0.25, -0.2) is 0 Å². The lowest BCUT2D eigenvalue weighted by Gasteiger charge is -2.37. The molecule has 0 atom stereocenters. The second-order valence-electron chi connectivity index (χ2n) is 10.2. The molecule has 0 radical (unpaired) electrons. The number of rotatable bonds is 5. The van der Waals surface area contributed by atoms with Crippen molar-refractivity contribution in [2.24, 2.45) is 5.92 Å². The van der Waals surface area contributed by atoms with Crippen molar-refractivity contribution in [2.45, 2.75) is 38.5 Å². The van der Waals surface area contributed by atoms with Crippen LogP contribution in [0.5, 0.6) is 5.75 Å². The average Bonchev–Trinajstić information content (AvgIpc) is 3.20. The van der Waals surface area contributed by atoms with Crippen LogP contribution in [-0.4, -0.2) is 58.5 Å². The van der Waals surface area contributed by atoms with Crippen LogP contribution in [-0.2, 0) is 4.79 Å². The number of hydrogen-bond acceptors (Lipinski definition) is 3. The summed E-state index contributed by atoms with van der Waals surface area (Å²) in [4.78, 5) is 20.7. The van der Waals surface area contributed by atoms with E-state index in [0.29, 0.717) is 27.6 Å². The Hall–Kier alpha value is -2.47. The summed E-state index contributed by atoms with van der Waals surface area (Å²) >= 11 is 12.0. The molecule has 1 amide bonds. The van der Waals surface area contributed by atoms with Gasteiger partial charge in [-0.3, -0.25) is 4.79 Å². The maximum atomic E-state index is 12.7. The first kappa shape index (κ1) is 25.2. The van der Waals surface area contributed by atoms with E-state index in [0.717, 1.165) is 74.9 Å².